The molecule has 4 heteroatoms. The van der Waals surface area contributed by atoms with Gasteiger partial charge in [-0.05, 0) is 12.3 Å². The van der Waals surface area contributed by atoms with E-state index in [9.17, 15) is 8.42 Å². The highest BCUT2D eigenvalue weighted by atomic mass is 32.2. The van der Waals surface area contributed by atoms with Gasteiger partial charge in [0.15, 0.2) is 0 Å². The molecule has 0 rings (SSSR count). The van der Waals surface area contributed by atoms with Gasteiger partial charge < -0.3 is 0 Å². The lowest BCUT2D eigenvalue weighted by molar-refractivity contribution is 0.447. The van der Waals surface area contributed by atoms with Crippen LogP contribution in [0, 0.1) is 5.92 Å². The number of rotatable bonds is 5. The molecule has 0 aliphatic carbocycles. The molecule has 68 valence electrons. The van der Waals surface area contributed by atoms with Gasteiger partial charge in [-0.2, -0.15) is 8.42 Å². The third-order valence-corrected chi connectivity index (χ3v) is 2.69. The predicted molar refractivity (Wildman–Crippen MR) is 45.1 cm³/mol. The third-order valence-electron chi connectivity index (χ3n) is 1.94. The van der Waals surface area contributed by atoms with E-state index in [0.29, 0.717) is 12.3 Å². The van der Waals surface area contributed by atoms with E-state index in [0.717, 1.165) is 12.8 Å². The summed E-state index contributed by atoms with van der Waals surface area (Å²) in [5.74, 6) is 0.330. The predicted octanol–water partition coefficient (Wildman–Crippen LogP) is 1.70. The van der Waals surface area contributed by atoms with Crippen molar-refractivity contribution in [3.63, 3.8) is 0 Å². The van der Waals surface area contributed by atoms with Gasteiger partial charge >= 0.3 is 0 Å². The van der Waals surface area contributed by atoms with Crippen LogP contribution in [0.15, 0.2) is 0 Å². The van der Waals surface area contributed by atoms with Crippen molar-refractivity contribution in [1.82, 2.24) is 0 Å². The zero-order valence-electron chi connectivity index (χ0n) is 7.08. The topological polar surface area (TPSA) is 54.4 Å². The number of hydrogen-bond acceptors (Lipinski definition) is 2. The molecule has 11 heavy (non-hydrogen) atoms. The molecule has 0 aliphatic heterocycles. The first-order valence-electron chi connectivity index (χ1n) is 3.94. The van der Waals surface area contributed by atoms with Crippen molar-refractivity contribution in [2.75, 3.05) is 5.75 Å². The fourth-order valence-corrected chi connectivity index (χ4v) is 1.64. The molecule has 0 unspecified atom stereocenters. The Morgan fingerprint density at radius 3 is 2.00 bits per heavy atom. The quantitative estimate of drug-likeness (QED) is 0.655. The van der Waals surface area contributed by atoms with Crippen LogP contribution >= 0.6 is 0 Å². The fourth-order valence-electron chi connectivity index (χ4n) is 1.01. The van der Waals surface area contributed by atoms with Crippen molar-refractivity contribution in [3.8, 4) is 0 Å². The Bertz CT molecular complexity index is 180. The molecule has 0 saturated carbocycles. The van der Waals surface area contributed by atoms with Crippen LogP contribution in [0.4, 0.5) is 0 Å². The van der Waals surface area contributed by atoms with Crippen molar-refractivity contribution < 1.29 is 13.0 Å². The van der Waals surface area contributed by atoms with Crippen LogP contribution in [-0.2, 0) is 10.1 Å². The molecule has 0 amide bonds. The van der Waals surface area contributed by atoms with Crippen molar-refractivity contribution >= 4 is 10.1 Å². The molecule has 0 aromatic carbocycles. The molecule has 0 spiro atoms. The second-order valence-corrected chi connectivity index (χ2v) is 4.33. The zero-order chi connectivity index (χ0) is 8.91. The summed E-state index contributed by atoms with van der Waals surface area (Å²) in [7, 11) is -3.74. The van der Waals surface area contributed by atoms with E-state index < -0.39 is 10.1 Å². The van der Waals surface area contributed by atoms with E-state index in [4.69, 9.17) is 4.55 Å². The van der Waals surface area contributed by atoms with Crippen LogP contribution in [0.2, 0.25) is 0 Å². The van der Waals surface area contributed by atoms with Gasteiger partial charge in [0.1, 0.15) is 0 Å². The average Bonchev–Trinajstić information content (AvgIpc) is 1.88. The van der Waals surface area contributed by atoms with Crippen molar-refractivity contribution in [3.05, 3.63) is 0 Å². The van der Waals surface area contributed by atoms with Crippen molar-refractivity contribution in [2.24, 2.45) is 5.92 Å². The molecular formula is C7H16O3S. The van der Waals surface area contributed by atoms with Crippen LogP contribution < -0.4 is 0 Å². The molecule has 0 aliphatic rings. The Hall–Kier alpha value is -0.0900. The minimum Gasteiger partial charge on any atom is -0.286 e. The molecule has 0 radical (unpaired) electrons. The average molecular weight is 180 g/mol. The molecule has 0 aromatic heterocycles. The highest BCUT2D eigenvalue weighted by molar-refractivity contribution is 7.85. The van der Waals surface area contributed by atoms with Gasteiger partial charge in [-0.3, -0.25) is 4.55 Å². The molecule has 0 aromatic rings. The molecular weight excluding hydrogens is 164 g/mol. The number of hydrogen-bond donors (Lipinski definition) is 1. The summed E-state index contributed by atoms with van der Waals surface area (Å²) in [5.41, 5.74) is 0. The van der Waals surface area contributed by atoms with Gasteiger partial charge in [0.05, 0.1) is 5.75 Å². The Morgan fingerprint density at radius 2 is 1.73 bits per heavy atom. The first-order valence-corrected chi connectivity index (χ1v) is 5.55. The van der Waals surface area contributed by atoms with E-state index >= 15 is 0 Å². The van der Waals surface area contributed by atoms with E-state index in [1.807, 2.05) is 13.8 Å². The molecule has 0 saturated heterocycles. The van der Waals surface area contributed by atoms with Crippen LogP contribution in [0.5, 0.6) is 0 Å². The summed E-state index contributed by atoms with van der Waals surface area (Å²) < 4.78 is 29.1. The van der Waals surface area contributed by atoms with Gasteiger partial charge in [0, 0.05) is 0 Å². The summed E-state index contributed by atoms with van der Waals surface area (Å²) in [5, 5.41) is 0. The Balaban J connectivity index is 3.69. The maximum absolute atomic E-state index is 10.3. The van der Waals surface area contributed by atoms with Gasteiger partial charge in [0.25, 0.3) is 10.1 Å². The van der Waals surface area contributed by atoms with Gasteiger partial charge in [-0.15, -0.1) is 0 Å². The minimum absolute atomic E-state index is 0.0979. The molecule has 1 N–H and O–H groups in total. The van der Waals surface area contributed by atoms with E-state index in [1.165, 1.54) is 0 Å². The SMILES string of the molecule is CCC(CC)CCS(=O)(=O)O. The highest BCUT2D eigenvalue weighted by Gasteiger charge is 2.09. The standard InChI is InChI=1S/C7H16O3S/c1-3-7(4-2)5-6-11(8,9)10/h7H,3-6H2,1-2H3,(H,8,9,10). The lowest BCUT2D eigenvalue weighted by Gasteiger charge is -2.09. The van der Waals surface area contributed by atoms with E-state index in [1.54, 1.807) is 0 Å². The fraction of sp³-hybridized carbons (Fsp3) is 1.00. The third kappa shape index (κ3) is 6.31. The summed E-state index contributed by atoms with van der Waals surface area (Å²) in [4.78, 5) is 0. The monoisotopic (exact) mass is 180 g/mol. The molecule has 0 fully saturated rings. The smallest absolute Gasteiger partial charge is 0.264 e. The second-order valence-electron chi connectivity index (χ2n) is 2.76. The zero-order valence-corrected chi connectivity index (χ0v) is 7.89. The van der Waals surface area contributed by atoms with Crippen LogP contribution in [-0.4, -0.2) is 18.7 Å². The lowest BCUT2D eigenvalue weighted by Crippen LogP contribution is -2.09. The normalized spacial score (nSPS) is 12.4. The van der Waals surface area contributed by atoms with Crippen LogP contribution in [0.1, 0.15) is 33.1 Å². The van der Waals surface area contributed by atoms with E-state index in [2.05, 4.69) is 0 Å². The summed E-state index contributed by atoms with van der Waals surface area (Å²) in [6.45, 7) is 4.05. The van der Waals surface area contributed by atoms with Gasteiger partial charge in [-0.1, -0.05) is 26.7 Å². The maximum Gasteiger partial charge on any atom is 0.264 e. The molecule has 0 atom stereocenters. The summed E-state index contributed by atoms with van der Waals surface area (Å²) >= 11 is 0. The largest absolute Gasteiger partial charge is 0.286 e. The van der Waals surface area contributed by atoms with E-state index in [-0.39, 0.29) is 5.75 Å². The van der Waals surface area contributed by atoms with Crippen LogP contribution in [0.3, 0.4) is 0 Å². The summed E-state index contributed by atoms with van der Waals surface area (Å²) in [6.07, 6.45) is 2.53. The first kappa shape index (κ1) is 10.9. The Morgan fingerprint density at radius 1 is 1.27 bits per heavy atom. The first-order chi connectivity index (χ1) is 4.99. The minimum atomic E-state index is -3.74. The molecule has 0 bridgehead atoms. The second kappa shape index (κ2) is 4.72. The maximum atomic E-state index is 10.3. The molecule has 3 nitrogen and oxygen atoms in total. The lowest BCUT2D eigenvalue weighted by atomic mass is 10.0. The molecule has 0 heterocycles. The highest BCUT2D eigenvalue weighted by Crippen LogP contribution is 2.12. The Labute approximate surface area is 68.6 Å². The van der Waals surface area contributed by atoms with Crippen molar-refractivity contribution in [1.29, 1.82) is 0 Å². The van der Waals surface area contributed by atoms with Gasteiger partial charge in [-0.25, -0.2) is 0 Å². The summed E-state index contributed by atoms with van der Waals surface area (Å²) in [6, 6.07) is 0. The van der Waals surface area contributed by atoms with Crippen LogP contribution in [0.25, 0.3) is 0 Å². The Kier molecular flexibility index (Phi) is 4.68. The van der Waals surface area contributed by atoms with Crippen molar-refractivity contribution in [2.45, 2.75) is 33.1 Å². The van der Waals surface area contributed by atoms with Gasteiger partial charge in [0.2, 0.25) is 0 Å².